The van der Waals surface area contributed by atoms with E-state index >= 15 is 0 Å². The van der Waals surface area contributed by atoms with Crippen LogP contribution in [0.5, 0.6) is 11.5 Å². The summed E-state index contributed by atoms with van der Waals surface area (Å²) in [6.45, 7) is 5.89. The molecule has 0 aromatic heterocycles. The zero-order valence-corrected chi connectivity index (χ0v) is 17.1. The average Bonchev–Trinajstić information content (AvgIpc) is 2.67. The molecule has 0 bridgehead atoms. The van der Waals surface area contributed by atoms with Gasteiger partial charge in [0, 0.05) is 6.08 Å². The average molecular weight is 384 g/mol. The van der Waals surface area contributed by atoms with Gasteiger partial charge < -0.3 is 18.9 Å². The van der Waals surface area contributed by atoms with Crippen LogP contribution in [0.4, 0.5) is 0 Å². The fraction of sp³-hybridized carbons (Fsp3) is 0.348. The molecule has 5 heteroatoms. The molecule has 0 unspecified atom stereocenters. The highest BCUT2D eigenvalue weighted by atomic mass is 16.6. The smallest absolute Gasteiger partial charge is 0.331 e. The number of benzene rings is 2. The van der Waals surface area contributed by atoms with Gasteiger partial charge in [0.25, 0.3) is 0 Å². The Morgan fingerprint density at radius 2 is 1.46 bits per heavy atom. The van der Waals surface area contributed by atoms with E-state index in [1.54, 1.807) is 20.3 Å². The predicted octanol–water partition coefficient (Wildman–Crippen LogP) is 4.86. The van der Waals surface area contributed by atoms with E-state index in [0.29, 0.717) is 6.61 Å². The highest BCUT2D eigenvalue weighted by Crippen LogP contribution is 2.24. The van der Waals surface area contributed by atoms with Gasteiger partial charge in [0.15, 0.2) is 0 Å². The number of methoxy groups -OCH3 is 2. The van der Waals surface area contributed by atoms with Gasteiger partial charge in [-0.2, -0.15) is 0 Å². The summed E-state index contributed by atoms with van der Waals surface area (Å²) in [6, 6.07) is 15.2. The van der Waals surface area contributed by atoms with Gasteiger partial charge in [0.1, 0.15) is 23.2 Å². The van der Waals surface area contributed by atoms with E-state index in [0.717, 1.165) is 22.6 Å². The summed E-state index contributed by atoms with van der Waals surface area (Å²) in [5.41, 5.74) is 1.38. The van der Waals surface area contributed by atoms with E-state index < -0.39 is 17.7 Å². The quantitative estimate of drug-likeness (QED) is 0.481. The highest BCUT2D eigenvalue weighted by molar-refractivity contribution is 5.82. The Morgan fingerprint density at radius 1 is 0.929 bits per heavy atom. The Bertz CT molecular complexity index is 770. The molecular formula is C23H28O5. The molecule has 0 N–H and O–H groups in total. The monoisotopic (exact) mass is 384 g/mol. The summed E-state index contributed by atoms with van der Waals surface area (Å²) in [5.74, 6) is 1.15. The van der Waals surface area contributed by atoms with Gasteiger partial charge in [-0.1, -0.05) is 24.3 Å². The standard InChI is InChI=1S/C23H28O5/c1-23(2,3)28-22(24)15-14-21(18-8-12-20(26-5)13-9-18)27-16-17-6-10-19(25-4)11-7-17/h6-15,21H,16H2,1-5H3/b15-14+/t21-/m0/s1. The van der Waals surface area contributed by atoms with Crippen LogP contribution in [-0.2, 0) is 20.9 Å². The lowest BCUT2D eigenvalue weighted by atomic mass is 10.1. The van der Waals surface area contributed by atoms with Crippen molar-refractivity contribution < 1.29 is 23.7 Å². The predicted molar refractivity (Wildman–Crippen MR) is 109 cm³/mol. The Labute approximate surface area is 166 Å². The molecule has 0 aliphatic heterocycles. The van der Waals surface area contributed by atoms with Crippen molar-refractivity contribution in [1.29, 1.82) is 0 Å². The van der Waals surface area contributed by atoms with Crippen molar-refractivity contribution in [2.24, 2.45) is 0 Å². The van der Waals surface area contributed by atoms with Crippen molar-refractivity contribution in [3.8, 4) is 11.5 Å². The number of carbonyl (C=O) groups is 1. The van der Waals surface area contributed by atoms with Crippen LogP contribution in [-0.4, -0.2) is 25.8 Å². The molecule has 0 aliphatic rings. The normalized spacial score (nSPS) is 12.6. The van der Waals surface area contributed by atoms with E-state index in [1.165, 1.54) is 6.08 Å². The fourth-order valence-corrected chi connectivity index (χ4v) is 2.47. The molecule has 2 rings (SSSR count). The Hall–Kier alpha value is -2.79. The molecule has 1 atom stereocenters. The van der Waals surface area contributed by atoms with Crippen LogP contribution >= 0.6 is 0 Å². The molecule has 0 heterocycles. The maximum atomic E-state index is 12.0. The summed E-state index contributed by atoms with van der Waals surface area (Å²) in [7, 11) is 3.25. The van der Waals surface area contributed by atoms with Gasteiger partial charge >= 0.3 is 5.97 Å². The van der Waals surface area contributed by atoms with Crippen molar-refractivity contribution in [3.63, 3.8) is 0 Å². The minimum Gasteiger partial charge on any atom is -0.497 e. The Morgan fingerprint density at radius 3 is 1.96 bits per heavy atom. The van der Waals surface area contributed by atoms with Gasteiger partial charge in [0.2, 0.25) is 0 Å². The molecule has 150 valence electrons. The van der Waals surface area contributed by atoms with E-state index in [9.17, 15) is 4.79 Å². The van der Waals surface area contributed by atoms with Crippen molar-refractivity contribution in [3.05, 3.63) is 71.8 Å². The number of rotatable bonds is 8. The van der Waals surface area contributed by atoms with Gasteiger partial charge in [-0.15, -0.1) is 0 Å². The van der Waals surface area contributed by atoms with Crippen LogP contribution in [0.15, 0.2) is 60.7 Å². The first kappa shape index (κ1) is 21.5. The topological polar surface area (TPSA) is 54.0 Å². The lowest BCUT2D eigenvalue weighted by Crippen LogP contribution is -2.22. The second-order valence-electron chi connectivity index (χ2n) is 7.25. The molecule has 0 spiro atoms. The van der Waals surface area contributed by atoms with Crippen molar-refractivity contribution in [2.45, 2.75) is 39.1 Å². The third-order valence-corrected chi connectivity index (χ3v) is 3.85. The Balaban J connectivity index is 2.13. The van der Waals surface area contributed by atoms with E-state index in [-0.39, 0.29) is 0 Å². The Kier molecular flexibility index (Phi) is 7.64. The minimum absolute atomic E-state index is 0.388. The van der Waals surface area contributed by atoms with Crippen molar-refractivity contribution in [1.82, 2.24) is 0 Å². The maximum Gasteiger partial charge on any atom is 0.331 e. The van der Waals surface area contributed by atoms with Gasteiger partial charge in [0.05, 0.1) is 20.8 Å². The molecule has 2 aromatic carbocycles. The number of ether oxygens (including phenoxy) is 4. The zero-order valence-electron chi connectivity index (χ0n) is 17.1. The lowest BCUT2D eigenvalue weighted by Gasteiger charge is -2.19. The fourth-order valence-electron chi connectivity index (χ4n) is 2.47. The molecular weight excluding hydrogens is 356 g/mol. The summed E-state index contributed by atoms with van der Waals surface area (Å²) in [6.07, 6.45) is 2.72. The van der Waals surface area contributed by atoms with E-state index in [4.69, 9.17) is 18.9 Å². The van der Waals surface area contributed by atoms with Crippen LogP contribution in [0.3, 0.4) is 0 Å². The second-order valence-corrected chi connectivity index (χ2v) is 7.25. The maximum absolute atomic E-state index is 12.0. The van der Waals surface area contributed by atoms with Crippen LogP contribution in [0.1, 0.15) is 38.0 Å². The minimum atomic E-state index is -0.541. The zero-order chi connectivity index (χ0) is 20.6. The van der Waals surface area contributed by atoms with Gasteiger partial charge in [-0.3, -0.25) is 0 Å². The molecule has 0 fully saturated rings. The summed E-state index contributed by atoms with van der Waals surface area (Å²) in [4.78, 5) is 12.0. The van der Waals surface area contributed by atoms with Crippen molar-refractivity contribution in [2.75, 3.05) is 14.2 Å². The first-order valence-electron chi connectivity index (χ1n) is 9.10. The molecule has 0 saturated heterocycles. The molecule has 2 aromatic rings. The molecule has 0 saturated carbocycles. The number of hydrogen-bond acceptors (Lipinski definition) is 5. The van der Waals surface area contributed by atoms with Crippen molar-refractivity contribution >= 4 is 5.97 Å². The highest BCUT2D eigenvalue weighted by Gasteiger charge is 2.15. The SMILES string of the molecule is COc1ccc(CO[C@@H](/C=C/C(=O)OC(C)(C)C)c2ccc(OC)cc2)cc1. The third kappa shape index (κ3) is 7.08. The summed E-state index contributed by atoms with van der Waals surface area (Å²) < 4.78 is 21.8. The summed E-state index contributed by atoms with van der Waals surface area (Å²) in [5, 5.41) is 0. The summed E-state index contributed by atoms with van der Waals surface area (Å²) >= 11 is 0. The lowest BCUT2D eigenvalue weighted by molar-refractivity contribution is -0.148. The number of carbonyl (C=O) groups excluding carboxylic acids is 1. The van der Waals surface area contributed by atoms with Gasteiger partial charge in [-0.05, 0) is 62.2 Å². The number of hydrogen-bond donors (Lipinski definition) is 0. The molecule has 0 radical (unpaired) electrons. The number of esters is 1. The third-order valence-electron chi connectivity index (χ3n) is 3.85. The van der Waals surface area contributed by atoms with Crippen LogP contribution in [0.25, 0.3) is 0 Å². The molecule has 0 aliphatic carbocycles. The van der Waals surface area contributed by atoms with Gasteiger partial charge in [-0.25, -0.2) is 4.79 Å². The molecule has 5 nitrogen and oxygen atoms in total. The first-order valence-corrected chi connectivity index (χ1v) is 9.10. The van der Waals surface area contributed by atoms with Crippen LogP contribution < -0.4 is 9.47 Å². The van der Waals surface area contributed by atoms with E-state index in [2.05, 4.69) is 0 Å². The molecule has 28 heavy (non-hydrogen) atoms. The largest absolute Gasteiger partial charge is 0.497 e. The molecule has 0 amide bonds. The van der Waals surface area contributed by atoms with Crippen LogP contribution in [0.2, 0.25) is 0 Å². The second kappa shape index (κ2) is 9.95. The first-order chi connectivity index (χ1) is 13.3. The van der Waals surface area contributed by atoms with Crippen LogP contribution in [0, 0.1) is 0 Å². The van der Waals surface area contributed by atoms with E-state index in [1.807, 2.05) is 69.3 Å².